The van der Waals surface area contributed by atoms with Gasteiger partial charge in [0, 0.05) is 16.7 Å². The fraction of sp³-hybridized carbons (Fsp3) is 0.0667. The molecule has 1 aromatic heterocycles. The first-order valence-corrected chi connectivity index (χ1v) is 6.64. The molecule has 4 rings (SSSR count). The zero-order valence-electron chi connectivity index (χ0n) is 10.5. The van der Waals surface area contributed by atoms with E-state index < -0.39 is 11.9 Å². The molecule has 4 nitrogen and oxygen atoms in total. The third-order valence-electron chi connectivity index (χ3n) is 3.63. The van der Waals surface area contributed by atoms with E-state index in [1.54, 1.807) is 18.2 Å². The van der Waals surface area contributed by atoms with E-state index in [0.717, 1.165) is 0 Å². The van der Waals surface area contributed by atoms with Crippen molar-refractivity contribution in [2.24, 2.45) is 0 Å². The highest BCUT2D eigenvalue weighted by Crippen LogP contribution is 2.35. The summed E-state index contributed by atoms with van der Waals surface area (Å²) < 4.78 is 14.6. The minimum atomic E-state index is -1.06. The standard InChI is InChI=1S/C15H8ClFN2O2/c16-7-1-4-12-10(5-7)13(20)14-18-11-6-8(17)2-3-9(11)15(21)19(12)14/h1-6,13,20H. The van der Waals surface area contributed by atoms with Crippen LogP contribution in [-0.2, 0) is 0 Å². The summed E-state index contributed by atoms with van der Waals surface area (Å²) in [6.45, 7) is 0. The smallest absolute Gasteiger partial charge is 0.266 e. The van der Waals surface area contributed by atoms with Gasteiger partial charge in [0.1, 0.15) is 11.9 Å². The molecule has 0 aliphatic carbocycles. The van der Waals surface area contributed by atoms with Crippen molar-refractivity contribution in [3.63, 3.8) is 0 Å². The number of benzene rings is 2. The fourth-order valence-corrected chi connectivity index (χ4v) is 2.86. The number of aliphatic hydroxyl groups excluding tert-OH is 1. The van der Waals surface area contributed by atoms with Gasteiger partial charge >= 0.3 is 0 Å². The lowest BCUT2D eigenvalue weighted by molar-refractivity contribution is 0.216. The van der Waals surface area contributed by atoms with E-state index in [1.165, 1.54) is 22.8 Å². The first kappa shape index (κ1) is 12.5. The van der Waals surface area contributed by atoms with Gasteiger partial charge in [0.2, 0.25) is 0 Å². The van der Waals surface area contributed by atoms with Crippen LogP contribution < -0.4 is 5.56 Å². The van der Waals surface area contributed by atoms with Gasteiger partial charge in [-0.05, 0) is 30.3 Å². The van der Waals surface area contributed by atoms with E-state index >= 15 is 0 Å². The molecule has 104 valence electrons. The first-order chi connectivity index (χ1) is 10.1. The highest BCUT2D eigenvalue weighted by atomic mass is 35.5. The molecule has 6 heteroatoms. The maximum atomic E-state index is 13.3. The van der Waals surface area contributed by atoms with Gasteiger partial charge in [-0.2, -0.15) is 0 Å². The number of aliphatic hydroxyl groups is 1. The predicted octanol–water partition coefficient (Wildman–Crippen LogP) is 2.57. The second kappa shape index (κ2) is 4.13. The van der Waals surface area contributed by atoms with E-state index in [0.29, 0.717) is 21.7 Å². The molecule has 2 heterocycles. The van der Waals surface area contributed by atoms with Crippen LogP contribution in [0.15, 0.2) is 41.2 Å². The van der Waals surface area contributed by atoms with Crippen LogP contribution in [0.1, 0.15) is 17.5 Å². The van der Waals surface area contributed by atoms with Gasteiger partial charge in [-0.25, -0.2) is 9.37 Å². The molecular weight excluding hydrogens is 295 g/mol. The maximum Gasteiger partial charge on any atom is 0.266 e. The third kappa shape index (κ3) is 1.65. The van der Waals surface area contributed by atoms with Crippen molar-refractivity contribution in [1.82, 2.24) is 9.55 Å². The summed E-state index contributed by atoms with van der Waals surface area (Å²) in [5.41, 5.74) is 0.952. The van der Waals surface area contributed by atoms with Crippen molar-refractivity contribution < 1.29 is 9.50 Å². The molecule has 0 radical (unpaired) electrons. The number of nitrogens with zero attached hydrogens (tertiary/aromatic N) is 2. The molecule has 0 saturated carbocycles. The largest absolute Gasteiger partial charge is 0.380 e. The minimum Gasteiger partial charge on any atom is -0.380 e. The lowest BCUT2D eigenvalue weighted by Crippen LogP contribution is -2.21. The molecule has 1 unspecified atom stereocenters. The minimum absolute atomic E-state index is 0.176. The molecule has 1 aliphatic heterocycles. The second-order valence-corrected chi connectivity index (χ2v) is 5.31. The number of aromatic nitrogens is 2. The number of halogens is 2. The van der Waals surface area contributed by atoms with E-state index in [4.69, 9.17) is 11.6 Å². The molecule has 0 saturated heterocycles. The van der Waals surface area contributed by atoms with Crippen LogP contribution >= 0.6 is 11.6 Å². The summed E-state index contributed by atoms with van der Waals surface area (Å²) in [6.07, 6.45) is -1.06. The van der Waals surface area contributed by atoms with Gasteiger partial charge in [0.25, 0.3) is 5.56 Å². The van der Waals surface area contributed by atoms with Gasteiger partial charge in [-0.3, -0.25) is 9.36 Å². The second-order valence-electron chi connectivity index (χ2n) is 4.88. The average molecular weight is 303 g/mol. The van der Waals surface area contributed by atoms with E-state index in [1.807, 2.05) is 0 Å². The summed E-state index contributed by atoms with van der Waals surface area (Å²) in [6, 6.07) is 8.70. The Bertz CT molecular complexity index is 968. The van der Waals surface area contributed by atoms with E-state index in [-0.39, 0.29) is 16.9 Å². The monoisotopic (exact) mass is 302 g/mol. The maximum absolute atomic E-state index is 13.3. The zero-order valence-corrected chi connectivity index (χ0v) is 11.3. The van der Waals surface area contributed by atoms with Crippen molar-refractivity contribution in [3.8, 4) is 5.69 Å². The van der Waals surface area contributed by atoms with Crippen molar-refractivity contribution in [2.45, 2.75) is 6.10 Å². The number of hydrogen-bond donors (Lipinski definition) is 1. The van der Waals surface area contributed by atoms with Crippen LogP contribution in [0.25, 0.3) is 16.6 Å². The number of hydrogen-bond acceptors (Lipinski definition) is 3. The van der Waals surface area contributed by atoms with Crippen LogP contribution in [0.3, 0.4) is 0 Å². The van der Waals surface area contributed by atoms with Crippen molar-refractivity contribution in [1.29, 1.82) is 0 Å². The summed E-state index contributed by atoms with van der Waals surface area (Å²) in [5, 5.41) is 11.1. The molecule has 1 atom stereocenters. The Morgan fingerprint density at radius 2 is 2.05 bits per heavy atom. The van der Waals surface area contributed by atoms with Crippen LogP contribution in [0.4, 0.5) is 4.39 Å². The topological polar surface area (TPSA) is 55.1 Å². The Kier molecular flexibility index (Phi) is 2.46. The molecule has 3 aromatic rings. The lowest BCUT2D eigenvalue weighted by Gasteiger charge is -2.07. The normalized spacial score (nSPS) is 16.0. The predicted molar refractivity (Wildman–Crippen MR) is 76.4 cm³/mol. The Hall–Kier alpha value is -2.24. The van der Waals surface area contributed by atoms with Crippen molar-refractivity contribution in [2.75, 3.05) is 0 Å². The fourth-order valence-electron chi connectivity index (χ4n) is 2.68. The van der Waals surface area contributed by atoms with Gasteiger partial charge in [0.15, 0.2) is 5.82 Å². The summed E-state index contributed by atoms with van der Waals surface area (Å²) in [4.78, 5) is 16.8. The van der Waals surface area contributed by atoms with Gasteiger partial charge in [-0.15, -0.1) is 0 Å². The molecule has 0 fully saturated rings. The van der Waals surface area contributed by atoms with Crippen molar-refractivity contribution >= 4 is 22.5 Å². The number of fused-ring (bicyclic) bond motifs is 4. The van der Waals surface area contributed by atoms with E-state index in [2.05, 4.69) is 4.98 Å². The van der Waals surface area contributed by atoms with Gasteiger partial charge < -0.3 is 5.11 Å². The number of rotatable bonds is 0. The highest BCUT2D eigenvalue weighted by Gasteiger charge is 2.30. The molecule has 0 spiro atoms. The molecule has 0 amide bonds. The quantitative estimate of drug-likeness (QED) is 0.694. The van der Waals surface area contributed by atoms with Crippen LogP contribution in [0.5, 0.6) is 0 Å². The SMILES string of the molecule is O=c1c2ccc(F)cc2nc2n1-c1ccc(Cl)cc1C2O. The zero-order chi connectivity index (χ0) is 14.7. The summed E-state index contributed by atoms with van der Waals surface area (Å²) in [5.74, 6) is -0.303. The van der Waals surface area contributed by atoms with Crippen LogP contribution in [-0.4, -0.2) is 14.7 Å². The van der Waals surface area contributed by atoms with E-state index in [9.17, 15) is 14.3 Å². The first-order valence-electron chi connectivity index (χ1n) is 6.26. The molecule has 1 N–H and O–H groups in total. The highest BCUT2D eigenvalue weighted by molar-refractivity contribution is 6.30. The molecule has 1 aliphatic rings. The Balaban J connectivity index is 2.14. The van der Waals surface area contributed by atoms with Crippen LogP contribution in [0, 0.1) is 5.82 Å². The summed E-state index contributed by atoms with van der Waals surface area (Å²) >= 11 is 5.93. The Morgan fingerprint density at radius 3 is 2.86 bits per heavy atom. The van der Waals surface area contributed by atoms with Gasteiger partial charge in [-0.1, -0.05) is 11.6 Å². The van der Waals surface area contributed by atoms with Crippen molar-refractivity contribution in [3.05, 3.63) is 69.0 Å². The Labute approximate surface area is 123 Å². The third-order valence-corrected chi connectivity index (χ3v) is 3.86. The Morgan fingerprint density at radius 1 is 1.24 bits per heavy atom. The summed E-state index contributed by atoms with van der Waals surface area (Å²) in [7, 11) is 0. The molecular formula is C15H8ClFN2O2. The lowest BCUT2D eigenvalue weighted by atomic mass is 10.1. The molecule has 21 heavy (non-hydrogen) atoms. The molecule has 2 aromatic carbocycles. The van der Waals surface area contributed by atoms with Crippen LogP contribution in [0.2, 0.25) is 5.02 Å². The molecule has 0 bridgehead atoms. The van der Waals surface area contributed by atoms with Gasteiger partial charge in [0.05, 0.1) is 16.6 Å². The average Bonchev–Trinajstić information content (AvgIpc) is 2.72.